The average molecular weight is 276 g/mol. The number of ether oxygens (including phenoxy) is 1. The Morgan fingerprint density at radius 2 is 1.75 bits per heavy atom. The quantitative estimate of drug-likeness (QED) is 0.898. The first kappa shape index (κ1) is 15.3. The molecule has 2 rings (SSSR count). The van der Waals surface area contributed by atoms with Gasteiger partial charge in [0, 0.05) is 25.2 Å². The zero-order chi connectivity index (χ0) is 14.7. The fourth-order valence-corrected chi connectivity index (χ4v) is 3.15. The fraction of sp³-hybridized carbons (Fsp3) is 0.647. The Kier molecular flexibility index (Phi) is 5.06. The summed E-state index contributed by atoms with van der Waals surface area (Å²) in [5.74, 6) is 2.40. The number of hydrogen-bond acceptors (Lipinski definition) is 3. The highest BCUT2D eigenvalue weighted by Gasteiger charge is 2.34. The van der Waals surface area contributed by atoms with Crippen LogP contribution in [0.4, 0.5) is 0 Å². The van der Waals surface area contributed by atoms with Gasteiger partial charge in [0.2, 0.25) is 0 Å². The minimum absolute atomic E-state index is 0.181. The summed E-state index contributed by atoms with van der Waals surface area (Å²) < 4.78 is 5.25. The summed E-state index contributed by atoms with van der Waals surface area (Å²) in [7, 11) is 1.70. The van der Waals surface area contributed by atoms with Gasteiger partial charge in [-0.15, -0.1) is 0 Å². The van der Waals surface area contributed by atoms with E-state index in [0.29, 0.717) is 6.04 Å². The van der Waals surface area contributed by atoms with Crippen molar-refractivity contribution in [3.8, 4) is 5.75 Å². The van der Waals surface area contributed by atoms with Crippen molar-refractivity contribution in [3.05, 3.63) is 29.8 Å². The molecule has 3 heteroatoms. The second-order valence-corrected chi connectivity index (χ2v) is 6.20. The number of likely N-dealkylation sites (tertiary alicyclic amines) is 1. The van der Waals surface area contributed by atoms with E-state index in [2.05, 4.69) is 37.8 Å². The number of hydrogen-bond donors (Lipinski definition) is 1. The van der Waals surface area contributed by atoms with Gasteiger partial charge in [0.15, 0.2) is 0 Å². The highest BCUT2D eigenvalue weighted by molar-refractivity contribution is 5.30. The van der Waals surface area contributed by atoms with Crippen LogP contribution in [0.3, 0.4) is 0 Å². The molecule has 0 radical (unpaired) electrons. The van der Waals surface area contributed by atoms with Crippen molar-refractivity contribution in [3.63, 3.8) is 0 Å². The van der Waals surface area contributed by atoms with Gasteiger partial charge in [-0.2, -0.15) is 0 Å². The van der Waals surface area contributed by atoms with E-state index in [9.17, 15) is 0 Å². The van der Waals surface area contributed by atoms with Crippen LogP contribution < -0.4 is 10.5 Å². The van der Waals surface area contributed by atoms with Crippen LogP contribution in [-0.4, -0.2) is 31.1 Å². The molecule has 0 bridgehead atoms. The number of benzene rings is 1. The smallest absolute Gasteiger partial charge is 0.118 e. The Balaban J connectivity index is 2.23. The molecule has 20 heavy (non-hydrogen) atoms. The molecule has 1 aromatic rings. The summed E-state index contributed by atoms with van der Waals surface area (Å²) in [5.41, 5.74) is 7.72. The predicted molar refractivity (Wildman–Crippen MR) is 83.9 cm³/mol. The Morgan fingerprint density at radius 1 is 1.20 bits per heavy atom. The molecule has 4 unspecified atom stereocenters. The van der Waals surface area contributed by atoms with E-state index in [-0.39, 0.29) is 6.04 Å². The zero-order valence-corrected chi connectivity index (χ0v) is 13.2. The Hall–Kier alpha value is -1.06. The van der Waals surface area contributed by atoms with Gasteiger partial charge in [-0.25, -0.2) is 0 Å². The van der Waals surface area contributed by atoms with Crippen LogP contribution >= 0.6 is 0 Å². The topological polar surface area (TPSA) is 38.5 Å². The van der Waals surface area contributed by atoms with Crippen LogP contribution in [0.25, 0.3) is 0 Å². The lowest BCUT2D eigenvalue weighted by Gasteiger charge is -2.33. The monoisotopic (exact) mass is 276 g/mol. The number of nitrogens with two attached hydrogens (primary N) is 1. The SMILES string of the molecule is CCC(N)C(c1ccc(OC)cc1)N1CC(C)C(C)C1. The van der Waals surface area contributed by atoms with Gasteiger partial charge in [0.1, 0.15) is 5.75 Å². The average Bonchev–Trinajstić information content (AvgIpc) is 2.79. The Bertz CT molecular complexity index is 408. The molecule has 0 aliphatic carbocycles. The van der Waals surface area contributed by atoms with Crippen molar-refractivity contribution in [2.75, 3.05) is 20.2 Å². The number of methoxy groups -OCH3 is 1. The molecule has 1 fully saturated rings. The maximum Gasteiger partial charge on any atom is 0.118 e. The molecule has 3 nitrogen and oxygen atoms in total. The van der Waals surface area contributed by atoms with Crippen molar-refractivity contribution < 1.29 is 4.74 Å². The first-order valence-corrected chi connectivity index (χ1v) is 7.70. The minimum atomic E-state index is 0.181. The maximum absolute atomic E-state index is 6.42. The molecule has 1 heterocycles. The zero-order valence-electron chi connectivity index (χ0n) is 13.2. The molecule has 0 saturated carbocycles. The van der Waals surface area contributed by atoms with Crippen LogP contribution in [-0.2, 0) is 0 Å². The predicted octanol–water partition coefficient (Wildman–Crippen LogP) is 3.06. The Morgan fingerprint density at radius 3 is 2.20 bits per heavy atom. The molecule has 4 atom stereocenters. The summed E-state index contributed by atoms with van der Waals surface area (Å²) >= 11 is 0. The van der Waals surface area contributed by atoms with Crippen LogP contribution in [0, 0.1) is 11.8 Å². The molecular formula is C17H28N2O. The first-order valence-electron chi connectivity index (χ1n) is 7.70. The van der Waals surface area contributed by atoms with Crippen molar-refractivity contribution in [2.45, 2.75) is 39.3 Å². The van der Waals surface area contributed by atoms with Crippen LogP contribution in [0.2, 0.25) is 0 Å². The van der Waals surface area contributed by atoms with E-state index in [1.165, 1.54) is 5.56 Å². The Labute approximate surface area is 123 Å². The summed E-state index contributed by atoms with van der Waals surface area (Å²) in [4.78, 5) is 2.56. The van der Waals surface area contributed by atoms with E-state index in [4.69, 9.17) is 10.5 Å². The summed E-state index contributed by atoms with van der Waals surface area (Å²) in [5, 5.41) is 0. The number of rotatable bonds is 5. The summed E-state index contributed by atoms with van der Waals surface area (Å²) in [6, 6.07) is 8.89. The van der Waals surface area contributed by atoms with Crippen molar-refractivity contribution >= 4 is 0 Å². The molecular weight excluding hydrogens is 248 g/mol. The molecule has 0 aromatic heterocycles. The lowest BCUT2D eigenvalue weighted by Crippen LogP contribution is -2.40. The normalized spacial score (nSPS) is 26.4. The van der Waals surface area contributed by atoms with Gasteiger partial charge in [-0.1, -0.05) is 32.9 Å². The third-order valence-corrected chi connectivity index (χ3v) is 4.74. The molecule has 2 N–H and O–H groups in total. The second-order valence-electron chi connectivity index (χ2n) is 6.20. The molecule has 0 amide bonds. The molecule has 1 aliphatic heterocycles. The van der Waals surface area contributed by atoms with Crippen molar-refractivity contribution in [1.82, 2.24) is 4.90 Å². The van der Waals surface area contributed by atoms with Crippen molar-refractivity contribution in [2.24, 2.45) is 17.6 Å². The number of nitrogens with zero attached hydrogens (tertiary/aromatic N) is 1. The molecule has 112 valence electrons. The second kappa shape index (κ2) is 6.59. The summed E-state index contributed by atoms with van der Waals surface area (Å²) in [6.45, 7) is 9.14. The maximum atomic E-state index is 6.42. The van der Waals surface area contributed by atoms with E-state index in [1.807, 2.05) is 12.1 Å². The molecule has 1 aromatic carbocycles. The van der Waals surface area contributed by atoms with Gasteiger partial charge < -0.3 is 10.5 Å². The van der Waals surface area contributed by atoms with Gasteiger partial charge in [0.05, 0.1) is 7.11 Å². The fourth-order valence-electron chi connectivity index (χ4n) is 3.15. The standard InChI is InChI=1S/C17H28N2O/c1-5-16(18)17(19-10-12(2)13(3)11-19)14-6-8-15(20-4)9-7-14/h6-9,12-13,16-17H,5,10-11,18H2,1-4H3. The summed E-state index contributed by atoms with van der Waals surface area (Å²) in [6.07, 6.45) is 0.996. The van der Waals surface area contributed by atoms with E-state index in [1.54, 1.807) is 7.11 Å². The molecule has 1 aliphatic rings. The third-order valence-electron chi connectivity index (χ3n) is 4.74. The van der Waals surface area contributed by atoms with E-state index < -0.39 is 0 Å². The van der Waals surface area contributed by atoms with E-state index >= 15 is 0 Å². The van der Waals surface area contributed by atoms with Crippen LogP contribution in [0.5, 0.6) is 5.75 Å². The van der Waals surface area contributed by atoms with Gasteiger partial charge in [-0.05, 0) is 36.0 Å². The third kappa shape index (κ3) is 3.15. The van der Waals surface area contributed by atoms with Gasteiger partial charge in [0.25, 0.3) is 0 Å². The highest BCUT2D eigenvalue weighted by atomic mass is 16.5. The largest absolute Gasteiger partial charge is 0.497 e. The minimum Gasteiger partial charge on any atom is -0.497 e. The lowest BCUT2D eigenvalue weighted by atomic mass is 9.96. The van der Waals surface area contributed by atoms with Crippen LogP contribution in [0.1, 0.15) is 38.8 Å². The van der Waals surface area contributed by atoms with Gasteiger partial charge in [-0.3, -0.25) is 4.90 Å². The van der Waals surface area contributed by atoms with Crippen molar-refractivity contribution in [1.29, 1.82) is 0 Å². The van der Waals surface area contributed by atoms with Crippen LogP contribution in [0.15, 0.2) is 24.3 Å². The van der Waals surface area contributed by atoms with Gasteiger partial charge >= 0.3 is 0 Å². The lowest BCUT2D eigenvalue weighted by molar-refractivity contribution is 0.200. The molecule has 1 saturated heterocycles. The molecule has 0 spiro atoms. The van der Waals surface area contributed by atoms with E-state index in [0.717, 1.165) is 37.1 Å². The first-order chi connectivity index (χ1) is 9.56. The highest BCUT2D eigenvalue weighted by Crippen LogP contribution is 2.33.